The minimum atomic E-state index is -2.08. The quantitative estimate of drug-likeness (QED) is 0.347. The summed E-state index contributed by atoms with van der Waals surface area (Å²) in [4.78, 5) is 55.9. The van der Waals surface area contributed by atoms with Gasteiger partial charge in [0.05, 0.1) is 23.6 Å². The van der Waals surface area contributed by atoms with Gasteiger partial charge in [0, 0.05) is 20.6 Å². The fourth-order valence-electron chi connectivity index (χ4n) is 5.32. The Morgan fingerprint density at radius 3 is 1.97 bits per heavy atom. The average molecular weight is 537 g/mol. The fourth-order valence-corrected chi connectivity index (χ4v) is 5.71. The molecule has 3 aliphatic rings. The predicted octanol–water partition coefficient (Wildman–Crippen LogP) is 4.80. The fraction of sp³-hybridized carbons (Fsp3) is 0.154. The molecule has 0 radical (unpaired) electrons. The number of nitrogens with zero attached hydrogens (tertiary/aromatic N) is 1. The van der Waals surface area contributed by atoms with Gasteiger partial charge in [-0.3, -0.25) is 19.2 Å². The second kappa shape index (κ2) is 7.43. The molecule has 34 heavy (non-hydrogen) atoms. The van der Waals surface area contributed by atoms with Gasteiger partial charge in [-0.2, -0.15) is 0 Å². The minimum Gasteiger partial charge on any atom is -0.349 e. The van der Waals surface area contributed by atoms with Crippen molar-refractivity contribution in [2.75, 3.05) is 4.90 Å². The Labute approximate surface area is 207 Å². The molecule has 3 aromatic rings. The summed E-state index contributed by atoms with van der Waals surface area (Å²) in [7, 11) is 0. The summed E-state index contributed by atoms with van der Waals surface area (Å²) in [5, 5.41) is 0.451. The van der Waals surface area contributed by atoms with Crippen LogP contribution in [0, 0.1) is 11.8 Å². The number of benzene rings is 3. The molecule has 6 nitrogen and oxygen atoms in total. The largest absolute Gasteiger partial charge is 0.349 e. The lowest BCUT2D eigenvalue weighted by Gasteiger charge is -2.27. The first-order valence-corrected chi connectivity index (χ1v) is 11.8. The Bertz CT molecular complexity index is 1370. The highest BCUT2D eigenvalue weighted by Crippen LogP contribution is 2.57. The summed E-state index contributed by atoms with van der Waals surface area (Å²) in [6.07, 6.45) is -0.950. The SMILES string of the molecule is O=C1C2C(c3ccc(Br)cc3)OC3(C(=O)c4ccccc4C3=O)C2C(=O)N1c1ccc(Cl)cc1. The summed E-state index contributed by atoms with van der Waals surface area (Å²) in [5.41, 5.74) is -0.750. The first-order valence-electron chi connectivity index (χ1n) is 10.6. The number of ketones is 2. The van der Waals surface area contributed by atoms with Gasteiger partial charge < -0.3 is 4.74 Å². The second-order valence-corrected chi connectivity index (χ2v) is 9.87. The van der Waals surface area contributed by atoms with Crippen LogP contribution >= 0.6 is 27.5 Å². The molecule has 2 aliphatic heterocycles. The van der Waals surface area contributed by atoms with E-state index in [9.17, 15) is 19.2 Å². The highest BCUT2D eigenvalue weighted by Gasteiger charge is 2.74. The average Bonchev–Trinajstić information content (AvgIpc) is 3.40. The van der Waals surface area contributed by atoms with E-state index in [2.05, 4.69) is 15.9 Å². The summed E-state index contributed by atoms with van der Waals surface area (Å²) in [6.45, 7) is 0. The number of Topliss-reactive ketones (excluding diaryl/α,β-unsaturated/α-hetero) is 2. The number of anilines is 1. The minimum absolute atomic E-state index is 0.202. The van der Waals surface area contributed by atoms with Crippen molar-refractivity contribution in [3.63, 3.8) is 0 Å². The van der Waals surface area contributed by atoms with Crippen LogP contribution in [0.2, 0.25) is 5.02 Å². The molecule has 2 heterocycles. The van der Waals surface area contributed by atoms with Gasteiger partial charge in [-0.1, -0.05) is 63.9 Å². The van der Waals surface area contributed by atoms with Crippen LogP contribution in [0.5, 0.6) is 0 Å². The van der Waals surface area contributed by atoms with Gasteiger partial charge in [-0.25, -0.2) is 4.90 Å². The van der Waals surface area contributed by atoms with Gasteiger partial charge in [0.15, 0.2) is 0 Å². The van der Waals surface area contributed by atoms with Gasteiger partial charge in [-0.15, -0.1) is 0 Å². The van der Waals surface area contributed by atoms with Crippen LogP contribution in [0.25, 0.3) is 0 Å². The van der Waals surface area contributed by atoms with Crippen LogP contribution in [0.4, 0.5) is 5.69 Å². The molecule has 2 amide bonds. The summed E-state index contributed by atoms with van der Waals surface area (Å²) >= 11 is 9.38. The number of imide groups is 1. The van der Waals surface area contributed by atoms with Crippen molar-refractivity contribution in [1.82, 2.24) is 0 Å². The van der Waals surface area contributed by atoms with E-state index in [-0.39, 0.29) is 11.1 Å². The third kappa shape index (κ3) is 2.72. The third-order valence-electron chi connectivity index (χ3n) is 6.80. The number of carbonyl (C=O) groups excluding carboxylic acids is 4. The van der Waals surface area contributed by atoms with Gasteiger partial charge in [0.1, 0.15) is 0 Å². The third-order valence-corrected chi connectivity index (χ3v) is 7.58. The number of hydrogen-bond acceptors (Lipinski definition) is 5. The number of amides is 2. The molecule has 3 atom stereocenters. The standard InChI is InChI=1S/C26H15BrClNO5/c27-14-7-5-13(6-8-14)21-19-20(25(33)29(24(19)32)16-11-9-15(28)10-12-16)26(34-21)22(30)17-3-1-2-4-18(17)23(26)31/h1-12,19-21H. The van der Waals surface area contributed by atoms with Crippen molar-refractivity contribution in [2.45, 2.75) is 11.7 Å². The molecule has 2 fully saturated rings. The van der Waals surface area contributed by atoms with Gasteiger partial charge in [-0.05, 0) is 42.0 Å². The molecule has 0 bridgehead atoms. The highest BCUT2D eigenvalue weighted by atomic mass is 79.9. The van der Waals surface area contributed by atoms with E-state index in [0.717, 1.165) is 9.37 Å². The van der Waals surface area contributed by atoms with Crippen LogP contribution in [0.1, 0.15) is 32.4 Å². The lowest BCUT2D eigenvalue weighted by molar-refractivity contribution is -0.127. The zero-order chi connectivity index (χ0) is 23.8. The molecule has 3 aromatic carbocycles. The van der Waals surface area contributed by atoms with Crippen LogP contribution < -0.4 is 4.90 Å². The van der Waals surface area contributed by atoms with Crippen LogP contribution in [0.15, 0.2) is 77.3 Å². The number of rotatable bonds is 2. The van der Waals surface area contributed by atoms with Crippen molar-refractivity contribution in [3.8, 4) is 0 Å². The van der Waals surface area contributed by atoms with E-state index >= 15 is 0 Å². The normalized spacial score (nSPS) is 24.8. The molecule has 0 N–H and O–H groups in total. The van der Waals surface area contributed by atoms with E-state index < -0.39 is 46.9 Å². The zero-order valence-corrected chi connectivity index (χ0v) is 19.7. The second-order valence-electron chi connectivity index (χ2n) is 8.52. The lowest BCUT2D eigenvalue weighted by atomic mass is 9.77. The topological polar surface area (TPSA) is 80.8 Å². The number of hydrogen-bond donors (Lipinski definition) is 0. The Hall–Kier alpha value is -3.13. The smallest absolute Gasteiger partial charge is 0.241 e. The molecular formula is C26H15BrClNO5. The van der Waals surface area contributed by atoms with Crippen LogP contribution in [-0.4, -0.2) is 29.0 Å². The number of carbonyl (C=O) groups is 4. The van der Waals surface area contributed by atoms with E-state index in [0.29, 0.717) is 16.3 Å². The zero-order valence-electron chi connectivity index (χ0n) is 17.4. The highest BCUT2D eigenvalue weighted by molar-refractivity contribution is 9.10. The summed E-state index contributed by atoms with van der Waals surface area (Å²) < 4.78 is 7.07. The number of ether oxygens (including phenoxy) is 1. The first kappa shape index (κ1) is 21.4. The van der Waals surface area contributed by atoms with Crippen molar-refractivity contribution in [2.24, 2.45) is 11.8 Å². The molecule has 3 unspecified atom stereocenters. The maximum atomic E-state index is 13.8. The Morgan fingerprint density at radius 1 is 0.794 bits per heavy atom. The Balaban J connectivity index is 1.54. The Morgan fingerprint density at radius 2 is 1.38 bits per heavy atom. The number of fused-ring (bicyclic) bond motifs is 3. The molecule has 2 saturated heterocycles. The van der Waals surface area contributed by atoms with E-state index in [1.54, 1.807) is 72.8 Å². The molecule has 168 valence electrons. The van der Waals surface area contributed by atoms with Crippen molar-refractivity contribution < 1.29 is 23.9 Å². The van der Waals surface area contributed by atoms with Gasteiger partial charge >= 0.3 is 0 Å². The first-order chi connectivity index (χ1) is 16.3. The van der Waals surface area contributed by atoms with Crippen molar-refractivity contribution in [3.05, 3.63) is 99.0 Å². The summed E-state index contributed by atoms with van der Waals surface area (Å²) in [5.74, 6) is -4.63. The van der Waals surface area contributed by atoms with Crippen LogP contribution in [0.3, 0.4) is 0 Å². The maximum Gasteiger partial charge on any atom is 0.241 e. The maximum absolute atomic E-state index is 13.8. The lowest BCUT2D eigenvalue weighted by Crippen LogP contribution is -2.51. The molecule has 1 spiro atoms. The molecule has 8 heteroatoms. The van der Waals surface area contributed by atoms with Crippen LogP contribution in [-0.2, 0) is 14.3 Å². The van der Waals surface area contributed by atoms with Gasteiger partial charge in [0.2, 0.25) is 29.0 Å². The van der Waals surface area contributed by atoms with Crippen molar-refractivity contribution >= 4 is 56.6 Å². The van der Waals surface area contributed by atoms with E-state index in [1.165, 1.54) is 0 Å². The van der Waals surface area contributed by atoms with E-state index in [1.807, 2.05) is 0 Å². The van der Waals surface area contributed by atoms with E-state index in [4.69, 9.17) is 16.3 Å². The monoisotopic (exact) mass is 535 g/mol. The molecule has 0 saturated carbocycles. The summed E-state index contributed by atoms with van der Waals surface area (Å²) in [6, 6.07) is 19.8. The Kier molecular flexibility index (Phi) is 4.68. The number of halogens is 2. The molecular weight excluding hydrogens is 522 g/mol. The predicted molar refractivity (Wildman–Crippen MR) is 127 cm³/mol. The van der Waals surface area contributed by atoms with Gasteiger partial charge in [0.25, 0.3) is 0 Å². The van der Waals surface area contributed by atoms with Crippen molar-refractivity contribution in [1.29, 1.82) is 0 Å². The molecule has 6 rings (SSSR count). The molecule has 1 aliphatic carbocycles. The molecule has 0 aromatic heterocycles.